The summed E-state index contributed by atoms with van der Waals surface area (Å²) in [5, 5.41) is 22.1. The van der Waals surface area contributed by atoms with Gasteiger partial charge in [0.2, 0.25) is 0 Å². The molecule has 88 valence electrons. The van der Waals surface area contributed by atoms with Crippen LogP contribution in [0.2, 0.25) is 0 Å². The fourth-order valence-electron chi connectivity index (χ4n) is 1.12. The first-order valence-electron chi connectivity index (χ1n) is 4.77. The number of aromatic hydroxyl groups is 2. The van der Waals surface area contributed by atoms with Crippen LogP contribution in [0.3, 0.4) is 0 Å². The second-order valence-corrected chi connectivity index (χ2v) is 4.71. The molecule has 1 rings (SSSR count). The predicted octanol–water partition coefficient (Wildman–Crippen LogP) is 2.00. The first-order chi connectivity index (χ1) is 7.37. The summed E-state index contributed by atoms with van der Waals surface area (Å²) >= 11 is 3.28. The van der Waals surface area contributed by atoms with Gasteiger partial charge in [-0.15, -0.1) is 0 Å². The van der Waals surface area contributed by atoms with Crippen molar-refractivity contribution in [1.29, 1.82) is 0 Å². The van der Waals surface area contributed by atoms with E-state index in [1.807, 2.05) is 13.8 Å². The van der Waals surface area contributed by atoms with Gasteiger partial charge in [-0.25, -0.2) is 0 Å². The fourth-order valence-corrected chi connectivity index (χ4v) is 1.26. The van der Waals surface area contributed by atoms with Gasteiger partial charge >= 0.3 is 0 Å². The van der Waals surface area contributed by atoms with Crippen LogP contribution in [0.15, 0.2) is 18.2 Å². The van der Waals surface area contributed by atoms with Crippen LogP contribution < -0.4 is 5.32 Å². The Balaban J connectivity index is 2.94. The third-order valence-electron chi connectivity index (χ3n) is 2.05. The summed E-state index contributed by atoms with van der Waals surface area (Å²) in [6.45, 7) is 3.69. The quantitative estimate of drug-likeness (QED) is 0.588. The van der Waals surface area contributed by atoms with Crippen molar-refractivity contribution in [3.8, 4) is 11.5 Å². The molecule has 3 N–H and O–H groups in total. The molecule has 0 radical (unpaired) electrons. The summed E-state index contributed by atoms with van der Waals surface area (Å²) in [6.07, 6.45) is 0. The maximum Gasteiger partial charge on any atom is 0.255 e. The second-order valence-electron chi connectivity index (χ2n) is 4.14. The predicted molar refractivity (Wildman–Crippen MR) is 65.1 cm³/mol. The molecular formula is C11H14BrNO3. The van der Waals surface area contributed by atoms with Gasteiger partial charge in [0, 0.05) is 10.9 Å². The van der Waals surface area contributed by atoms with E-state index >= 15 is 0 Å². The van der Waals surface area contributed by atoms with E-state index in [0.717, 1.165) is 0 Å². The molecule has 5 heteroatoms. The number of para-hydroxylation sites is 1. The van der Waals surface area contributed by atoms with Gasteiger partial charge in [-0.2, -0.15) is 0 Å². The fraction of sp³-hybridized carbons (Fsp3) is 0.364. The van der Waals surface area contributed by atoms with Crippen LogP contribution in [-0.2, 0) is 0 Å². The number of phenolic OH excluding ortho intramolecular Hbond substituents is 2. The summed E-state index contributed by atoms with van der Waals surface area (Å²) in [7, 11) is 0. The molecule has 0 bridgehead atoms. The Kier molecular flexibility index (Phi) is 3.80. The zero-order valence-corrected chi connectivity index (χ0v) is 10.7. The number of carbonyl (C=O) groups excluding carboxylic acids is 1. The maximum absolute atomic E-state index is 11.8. The Labute approximate surface area is 102 Å². The van der Waals surface area contributed by atoms with Crippen LogP contribution in [0.25, 0.3) is 0 Å². The number of hydrogen-bond donors (Lipinski definition) is 3. The molecule has 16 heavy (non-hydrogen) atoms. The lowest BCUT2D eigenvalue weighted by atomic mass is 10.1. The van der Waals surface area contributed by atoms with E-state index in [4.69, 9.17) is 0 Å². The molecule has 1 aromatic carbocycles. The third kappa shape index (κ3) is 2.88. The summed E-state index contributed by atoms with van der Waals surface area (Å²) < 4.78 is 0. The highest BCUT2D eigenvalue weighted by Crippen LogP contribution is 2.28. The Bertz CT molecular complexity index is 404. The number of benzene rings is 1. The maximum atomic E-state index is 11.8. The lowest BCUT2D eigenvalue weighted by molar-refractivity contribution is 0.0918. The average molecular weight is 288 g/mol. The number of carbonyl (C=O) groups is 1. The van der Waals surface area contributed by atoms with Crippen molar-refractivity contribution in [3.05, 3.63) is 23.8 Å². The number of alkyl halides is 1. The zero-order valence-electron chi connectivity index (χ0n) is 9.12. The van der Waals surface area contributed by atoms with Crippen LogP contribution in [0, 0.1) is 0 Å². The Morgan fingerprint density at radius 2 is 2.06 bits per heavy atom. The van der Waals surface area contributed by atoms with Crippen molar-refractivity contribution in [3.63, 3.8) is 0 Å². The topological polar surface area (TPSA) is 69.6 Å². The molecule has 0 aromatic heterocycles. The van der Waals surface area contributed by atoms with E-state index in [2.05, 4.69) is 21.2 Å². The molecule has 0 aliphatic rings. The summed E-state index contributed by atoms with van der Waals surface area (Å²) in [4.78, 5) is 11.8. The van der Waals surface area contributed by atoms with E-state index in [-0.39, 0.29) is 11.3 Å². The Hall–Kier alpha value is -1.23. The highest BCUT2D eigenvalue weighted by Gasteiger charge is 2.22. The van der Waals surface area contributed by atoms with Gasteiger partial charge in [-0.1, -0.05) is 22.0 Å². The van der Waals surface area contributed by atoms with Crippen LogP contribution in [0.1, 0.15) is 24.2 Å². The SMILES string of the molecule is CC(C)(CBr)NC(=O)c1cccc(O)c1O. The van der Waals surface area contributed by atoms with Crippen molar-refractivity contribution in [1.82, 2.24) is 5.32 Å². The van der Waals surface area contributed by atoms with Crippen LogP contribution in [-0.4, -0.2) is 27.0 Å². The molecule has 0 atom stereocenters. The number of halogens is 1. The lowest BCUT2D eigenvalue weighted by Crippen LogP contribution is -2.44. The molecule has 0 heterocycles. The number of phenols is 2. The minimum absolute atomic E-state index is 0.0639. The molecule has 0 fully saturated rings. The van der Waals surface area contributed by atoms with Crippen molar-refractivity contribution in [2.75, 3.05) is 5.33 Å². The standard InChI is InChI=1S/C11H14BrNO3/c1-11(2,6-12)13-10(16)7-4-3-5-8(14)9(7)15/h3-5,14-15H,6H2,1-2H3,(H,13,16). The third-order valence-corrected chi connectivity index (χ3v) is 3.45. The minimum Gasteiger partial charge on any atom is -0.504 e. The first kappa shape index (κ1) is 12.8. The van der Waals surface area contributed by atoms with E-state index in [1.54, 1.807) is 0 Å². The normalized spacial score (nSPS) is 11.2. The van der Waals surface area contributed by atoms with E-state index in [0.29, 0.717) is 5.33 Å². The van der Waals surface area contributed by atoms with E-state index in [1.165, 1.54) is 18.2 Å². The van der Waals surface area contributed by atoms with Gasteiger partial charge in [-0.3, -0.25) is 4.79 Å². The summed E-state index contributed by atoms with van der Waals surface area (Å²) in [5.41, 5.74) is -0.358. The van der Waals surface area contributed by atoms with Gasteiger partial charge in [0.15, 0.2) is 11.5 Å². The lowest BCUT2D eigenvalue weighted by Gasteiger charge is -2.23. The van der Waals surface area contributed by atoms with Gasteiger partial charge in [0.1, 0.15) is 0 Å². The molecule has 0 aliphatic carbocycles. The van der Waals surface area contributed by atoms with Gasteiger partial charge < -0.3 is 15.5 Å². The zero-order chi connectivity index (χ0) is 12.3. The Morgan fingerprint density at radius 1 is 1.44 bits per heavy atom. The highest BCUT2D eigenvalue weighted by molar-refractivity contribution is 9.09. The number of amides is 1. The highest BCUT2D eigenvalue weighted by atomic mass is 79.9. The first-order valence-corrected chi connectivity index (χ1v) is 5.89. The van der Waals surface area contributed by atoms with E-state index < -0.39 is 17.2 Å². The van der Waals surface area contributed by atoms with Crippen LogP contribution in [0.4, 0.5) is 0 Å². The van der Waals surface area contributed by atoms with Crippen molar-refractivity contribution >= 4 is 21.8 Å². The number of hydrogen-bond acceptors (Lipinski definition) is 3. The van der Waals surface area contributed by atoms with Crippen LogP contribution in [0.5, 0.6) is 11.5 Å². The van der Waals surface area contributed by atoms with Crippen molar-refractivity contribution in [2.45, 2.75) is 19.4 Å². The molecule has 0 saturated heterocycles. The molecule has 1 amide bonds. The minimum atomic E-state index is -0.422. The van der Waals surface area contributed by atoms with Gasteiger partial charge in [-0.05, 0) is 26.0 Å². The van der Waals surface area contributed by atoms with E-state index in [9.17, 15) is 15.0 Å². The number of rotatable bonds is 3. The monoisotopic (exact) mass is 287 g/mol. The molecule has 0 saturated carbocycles. The van der Waals surface area contributed by atoms with Crippen LogP contribution >= 0.6 is 15.9 Å². The number of nitrogens with one attached hydrogen (secondary N) is 1. The summed E-state index contributed by atoms with van der Waals surface area (Å²) in [6, 6.07) is 4.28. The smallest absolute Gasteiger partial charge is 0.255 e. The molecule has 0 unspecified atom stereocenters. The molecule has 0 spiro atoms. The average Bonchev–Trinajstić information content (AvgIpc) is 2.21. The molecule has 4 nitrogen and oxygen atoms in total. The van der Waals surface area contributed by atoms with Gasteiger partial charge in [0.25, 0.3) is 5.91 Å². The largest absolute Gasteiger partial charge is 0.504 e. The van der Waals surface area contributed by atoms with Crippen molar-refractivity contribution < 1.29 is 15.0 Å². The van der Waals surface area contributed by atoms with Gasteiger partial charge in [0.05, 0.1) is 5.56 Å². The summed E-state index contributed by atoms with van der Waals surface area (Å²) in [5.74, 6) is -1.12. The van der Waals surface area contributed by atoms with Crippen molar-refractivity contribution in [2.24, 2.45) is 0 Å². The Morgan fingerprint density at radius 3 is 2.62 bits per heavy atom. The molecule has 0 aliphatic heterocycles. The second kappa shape index (κ2) is 4.74. The molecule has 1 aromatic rings. The molecular weight excluding hydrogens is 274 g/mol.